The van der Waals surface area contributed by atoms with Gasteiger partial charge in [0.2, 0.25) is 11.7 Å². The number of aromatic amines is 2. The number of benzene rings is 2. The van der Waals surface area contributed by atoms with Crippen LogP contribution in [-0.2, 0) is 16.1 Å². The minimum absolute atomic E-state index is 0.0562. The quantitative estimate of drug-likeness (QED) is 0.205. The third kappa shape index (κ3) is 5.40. The lowest BCUT2D eigenvalue weighted by molar-refractivity contribution is -0.136. The highest BCUT2D eigenvalue weighted by atomic mass is 79.9. The molecule has 10 nitrogen and oxygen atoms in total. The Morgan fingerprint density at radius 3 is 2.59 bits per heavy atom. The van der Waals surface area contributed by atoms with Crippen LogP contribution in [0.2, 0.25) is 0 Å². The van der Waals surface area contributed by atoms with E-state index in [0.29, 0.717) is 37.5 Å². The van der Waals surface area contributed by atoms with Gasteiger partial charge < -0.3 is 19.7 Å². The number of rotatable bonds is 9. The molecule has 0 aliphatic heterocycles. The van der Waals surface area contributed by atoms with Gasteiger partial charge in [0.05, 0.1) is 16.7 Å². The standard InChI is InChI=1S/C28H29BrN6O4/c29-24-21-13-18(9-10-22(21)30-25(24)19-5-1-2-6-20(19)26-31-33-34-32-26)15-35(23(36)14-17-7-8-17)16-28(39-27(37)38)11-3-4-12-28/h1-2,5-6,9-10,13,17,30H,3-4,7-8,11-12,14-16H2,(H,37,38)(H,31,32,33,34). The van der Waals surface area contributed by atoms with Crippen molar-refractivity contribution in [3.05, 3.63) is 52.5 Å². The van der Waals surface area contributed by atoms with E-state index in [1.165, 1.54) is 0 Å². The van der Waals surface area contributed by atoms with E-state index in [0.717, 1.165) is 63.4 Å². The number of aromatic nitrogens is 5. The van der Waals surface area contributed by atoms with Gasteiger partial charge in [-0.1, -0.05) is 30.3 Å². The second kappa shape index (κ2) is 10.4. The van der Waals surface area contributed by atoms with Gasteiger partial charge in [-0.3, -0.25) is 4.79 Å². The second-order valence-electron chi connectivity index (χ2n) is 10.6. The predicted octanol–water partition coefficient (Wildman–Crippen LogP) is 5.91. The smallest absolute Gasteiger partial charge is 0.450 e. The maximum absolute atomic E-state index is 13.4. The highest BCUT2D eigenvalue weighted by Crippen LogP contribution is 2.40. The molecule has 39 heavy (non-hydrogen) atoms. The zero-order valence-corrected chi connectivity index (χ0v) is 22.9. The summed E-state index contributed by atoms with van der Waals surface area (Å²) in [5, 5.41) is 24.9. The average Bonchev–Trinajstić information content (AvgIpc) is 3.28. The highest BCUT2D eigenvalue weighted by Gasteiger charge is 2.41. The van der Waals surface area contributed by atoms with Gasteiger partial charge in [0.25, 0.3) is 0 Å². The summed E-state index contributed by atoms with van der Waals surface area (Å²) in [6, 6.07) is 13.9. The number of carbonyl (C=O) groups excluding carboxylic acids is 1. The van der Waals surface area contributed by atoms with Gasteiger partial charge in [-0.2, -0.15) is 5.21 Å². The first-order valence-corrected chi connectivity index (χ1v) is 14.0. The fourth-order valence-corrected chi connectivity index (χ4v) is 6.30. The number of carbonyl (C=O) groups is 2. The van der Waals surface area contributed by atoms with Gasteiger partial charge >= 0.3 is 6.16 Å². The Kier molecular flexibility index (Phi) is 6.84. The maximum Gasteiger partial charge on any atom is 0.506 e. The van der Waals surface area contributed by atoms with Crippen molar-refractivity contribution in [3.63, 3.8) is 0 Å². The van der Waals surface area contributed by atoms with Crippen LogP contribution in [0.5, 0.6) is 0 Å². The molecule has 4 aromatic rings. The molecule has 2 aliphatic rings. The molecule has 6 rings (SSSR count). The number of ether oxygens (including phenoxy) is 1. The van der Waals surface area contributed by atoms with Gasteiger partial charge in [0.1, 0.15) is 5.60 Å². The lowest BCUT2D eigenvalue weighted by atomic mass is 10.00. The Bertz CT molecular complexity index is 1510. The molecule has 0 saturated heterocycles. The molecular weight excluding hydrogens is 564 g/mol. The van der Waals surface area contributed by atoms with Gasteiger partial charge in [0.15, 0.2) is 0 Å². The van der Waals surface area contributed by atoms with Crippen LogP contribution >= 0.6 is 15.9 Å². The first-order chi connectivity index (χ1) is 18.9. The zero-order chi connectivity index (χ0) is 27.0. The summed E-state index contributed by atoms with van der Waals surface area (Å²) in [4.78, 5) is 30.2. The van der Waals surface area contributed by atoms with Crippen molar-refractivity contribution in [2.24, 2.45) is 5.92 Å². The highest BCUT2D eigenvalue weighted by molar-refractivity contribution is 9.10. The van der Waals surface area contributed by atoms with Crippen LogP contribution in [0.25, 0.3) is 33.5 Å². The van der Waals surface area contributed by atoms with E-state index >= 15 is 0 Å². The van der Waals surface area contributed by atoms with Crippen molar-refractivity contribution < 1.29 is 19.4 Å². The summed E-state index contributed by atoms with van der Waals surface area (Å²) >= 11 is 3.80. The Hall–Kier alpha value is -3.73. The molecule has 1 amide bonds. The maximum atomic E-state index is 13.4. The van der Waals surface area contributed by atoms with E-state index in [4.69, 9.17) is 4.74 Å². The number of nitrogens with zero attached hydrogens (tertiary/aromatic N) is 4. The molecule has 2 aromatic heterocycles. The van der Waals surface area contributed by atoms with Gasteiger partial charge in [-0.05, 0) is 83.3 Å². The molecular formula is C28H29BrN6O4. The molecule has 202 valence electrons. The first-order valence-electron chi connectivity index (χ1n) is 13.2. The lowest BCUT2D eigenvalue weighted by Gasteiger charge is -2.34. The molecule has 0 radical (unpaired) electrons. The van der Waals surface area contributed by atoms with Crippen LogP contribution in [-0.4, -0.2) is 59.8 Å². The average molecular weight is 593 g/mol. The zero-order valence-electron chi connectivity index (χ0n) is 21.3. The minimum atomic E-state index is -1.28. The van der Waals surface area contributed by atoms with Crippen molar-refractivity contribution in [1.82, 2.24) is 30.5 Å². The first kappa shape index (κ1) is 25.5. The third-order valence-corrected chi connectivity index (χ3v) is 8.59. The van der Waals surface area contributed by atoms with E-state index in [-0.39, 0.29) is 12.5 Å². The molecule has 0 atom stereocenters. The summed E-state index contributed by atoms with van der Waals surface area (Å²) in [6.45, 7) is 0.666. The molecule has 0 unspecified atom stereocenters. The van der Waals surface area contributed by atoms with E-state index in [9.17, 15) is 14.7 Å². The van der Waals surface area contributed by atoms with Crippen molar-refractivity contribution in [1.29, 1.82) is 0 Å². The number of amides is 1. The van der Waals surface area contributed by atoms with Crippen molar-refractivity contribution in [2.75, 3.05) is 6.54 Å². The summed E-state index contributed by atoms with van der Waals surface area (Å²) in [6.07, 6.45) is 4.44. The van der Waals surface area contributed by atoms with Crippen molar-refractivity contribution in [3.8, 4) is 22.6 Å². The van der Waals surface area contributed by atoms with Gasteiger partial charge in [0, 0.05) is 35.0 Å². The summed E-state index contributed by atoms with van der Waals surface area (Å²) in [5.41, 5.74) is 3.74. The number of hydrogen-bond donors (Lipinski definition) is 3. The van der Waals surface area contributed by atoms with E-state index in [1.54, 1.807) is 4.90 Å². The summed E-state index contributed by atoms with van der Waals surface area (Å²) < 4.78 is 6.31. The molecule has 2 heterocycles. The molecule has 2 aromatic carbocycles. The number of nitrogens with one attached hydrogen (secondary N) is 2. The third-order valence-electron chi connectivity index (χ3n) is 7.77. The molecule has 11 heteroatoms. The molecule has 3 N–H and O–H groups in total. The SMILES string of the molecule is O=C(O)OC1(CN(Cc2ccc3[nH]c(-c4ccccc4-c4nn[nH]n4)c(Br)c3c2)C(=O)CC2CC2)CCCC1. The Labute approximate surface area is 233 Å². The van der Waals surface area contributed by atoms with Gasteiger partial charge in [-0.25, -0.2) is 4.79 Å². The molecule has 0 bridgehead atoms. The monoisotopic (exact) mass is 592 g/mol. The van der Waals surface area contributed by atoms with Crippen LogP contribution in [0, 0.1) is 5.92 Å². The number of hydrogen-bond acceptors (Lipinski definition) is 6. The van der Waals surface area contributed by atoms with Crippen molar-refractivity contribution in [2.45, 2.75) is 57.1 Å². The second-order valence-corrected chi connectivity index (χ2v) is 11.4. The van der Waals surface area contributed by atoms with Crippen LogP contribution < -0.4 is 0 Å². The molecule has 0 spiro atoms. The number of halogens is 1. The van der Waals surface area contributed by atoms with E-state index < -0.39 is 11.8 Å². The fourth-order valence-electron chi connectivity index (χ4n) is 5.66. The van der Waals surface area contributed by atoms with Crippen molar-refractivity contribution >= 4 is 38.9 Å². The Balaban J connectivity index is 1.31. The Morgan fingerprint density at radius 2 is 1.90 bits per heavy atom. The number of tetrazole rings is 1. The molecule has 2 fully saturated rings. The number of carboxylic acid groups (broad SMARTS) is 1. The Morgan fingerprint density at radius 1 is 1.13 bits per heavy atom. The van der Waals surface area contributed by atoms with Crippen LogP contribution in [0.4, 0.5) is 4.79 Å². The summed E-state index contributed by atoms with van der Waals surface area (Å²) in [5.74, 6) is 0.995. The number of H-pyrrole nitrogens is 2. The van der Waals surface area contributed by atoms with E-state index in [2.05, 4.69) is 47.6 Å². The van der Waals surface area contributed by atoms with Crippen LogP contribution in [0.15, 0.2) is 46.9 Å². The predicted molar refractivity (Wildman–Crippen MR) is 148 cm³/mol. The normalized spacial score (nSPS) is 16.4. The van der Waals surface area contributed by atoms with Crippen LogP contribution in [0.3, 0.4) is 0 Å². The van der Waals surface area contributed by atoms with E-state index in [1.807, 2.05) is 36.4 Å². The van der Waals surface area contributed by atoms with Crippen LogP contribution in [0.1, 0.15) is 50.5 Å². The number of fused-ring (bicyclic) bond motifs is 1. The molecule has 2 saturated carbocycles. The van der Waals surface area contributed by atoms with Gasteiger partial charge in [-0.15, -0.1) is 10.2 Å². The molecule has 2 aliphatic carbocycles. The minimum Gasteiger partial charge on any atom is -0.450 e. The largest absolute Gasteiger partial charge is 0.506 e. The summed E-state index contributed by atoms with van der Waals surface area (Å²) in [7, 11) is 0. The lowest BCUT2D eigenvalue weighted by Crippen LogP contribution is -2.46. The topological polar surface area (TPSA) is 137 Å². The fraction of sp³-hybridized carbons (Fsp3) is 0.393.